The van der Waals surface area contributed by atoms with Crippen LogP contribution in [0.3, 0.4) is 0 Å². The standard InChI is InChI=1S/C32H12BF24.C17H21N2O/c34-25(35,36)13-1-14(26(37,38)39)6-21(5-13)33(22-7-15(27(40,41)42)2-16(8-22)28(43,44)45,23-9-17(29(46,47)48)3-18(10-23)30(49,50)51)24-11-19(31(52,53)54)4-20(12-24)32(55,56)57;1-2-3-5-10-16-13-18-11-12-19(16)14-17(20)15-8-6-4-7-9-15/h1-12H;4,6-9,11-13H,2-3,5,10,14H2,1H3/q-1;+1. The van der Waals surface area contributed by atoms with Crippen LogP contribution in [0, 0.1) is 0 Å². The molecule has 0 aliphatic carbocycles. The molecule has 0 atom stereocenters. The summed E-state index contributed by atoms with van der Waals surface area (Å²) in [6.45, 7) is 2.57. The Hall–Kier alpha value is -6.77. The molecule has 28 heteroatoms. The monoisotopic (exact) mass is 1130 g/mol. The van der Waals surface area contributed by atoms with Crippen LogP contribution in [0.25, 0.3) is 0 Å². The van der Waals surface area contributed by atoms with Crippen LogP contribution in [0.2, 0.25) is 0 Å². The summed E-state index contributed by atoms with van der Waals surface area (Å²) in [5.74, 6) is 0.138. The smallest absolute Gasteiger partial charge is 0.287 e. The van der Waals surface area contributed by atoms with E-state index in [1.54, 1.807) is 6.20 Å². The molecule has 0 saturated carbocycles. The SMILES string of the molecule is CCCCCc1cncc[n+]1CC(=O)c1ccccc1.FC(F)(F)c1cc([B-](c2cc(C(F)(F)F)cc(C(F)(F)F)c2)(c2cc(C(F)(F)F)cc(C(F)(F)F)c2)c2cc(C(F)(F)F)cc(C(F)(F)F)c2)cc(C(F)(F)F)c1. The molecule has 0 aliphatic heterocycles. The molecule has 1 heterocycles. The van der Waals surface area contributed by atoms with Crippen molar-refractivity contribution in [2.45, 2.75) is 88.6 Å². The van der Waals surface area contributed by atoms with Crippen molar-refractivity contribution in [3.8, 4) is 0 Å². The molecule has 5 aromatic carbocycles. The van der Waals surface area contributed by atoms with E-state index in [4.69, 9.17) is 0 Å². The van der Waals surface area contributed by atoms with Gasteiger partial charge in [-0.25, -0.2) is 0 Å². The van der Waals surface area contributed by atoms with Gasteiger partial charge in [0.1, 0.15) is 6.15 Å². The van der Waals surface area contributed by atoms with Crippen molar-refractivity contribution in [2.24, 2.45) is 0 Å². The molecule has 0 spiro atoms. The minimum absolute atomic E-state index is 0.138. The van der Waals surface area contributed by atoms with Crippen molar-refractivity contribution in [2.75, 3.05) is 0 Å². The van der Waals surface area contributed by atoms with Gasteiger partial charge < -0.3 is 0 Å². The molecule has 0 amide bonds. The zero-order chi connectivity index (χ0) is 58.1. The summed E-state index contributed by atoms with van der Waals surface area (Å²) < 4.78 is 343. The second kappa shape index (κ2) is 21.9. The summed E-state index contributed by atoms with van der Waals surface area (Å²) in [7, 11) is 0. The summed E-state index contributed by atoms with van der Waals surface area (Å²) >= 11 is 0. The van der Waals surface area contributed by atoms with Crippen LogP contribution in [0.4, 0.5) is 105 Å². The van der Waals surface area contributed by atoms with Gasteiger partial charge in [0.2, 0.25) is 12.3 Å². The van der Waals surface area contributed by atoms with Gasteiger partial charge in [0.15, 0.2) is 11.9 Å². The maximum absolute atomic E-state index is 14.2. The van der Waals surface area contributed by atoms with Crippen LogP contribution in [0.5, 0.6) is 0 Å². The third-order valence-corrected chi connectivity index (χ3v) is 11.8. The van der Waals surface area contributed by atoms with Crippen molar-refractivity contribution in [3.63, 3.8) is 0 Å². The summed E-state index contributed by atoms with van der Waals surface area (Å²) in [6, 6.07) is 0.628. The molecule has 6 aromatic rings. The van der Waals surface area contributed by atoms with Gasteiger partial charge in [-0.1, -0.05) is 98.6 Å². The Labute approximate surface area is 419 Å². The number of aryl methyl sites for hydroxylation is 1. The zero-order valence-electron chi connectivity index (χ0n) is 38.5. The van der Waals surface area contributed by atoms with Gasteiger partial charge >= 0.3 is 49.4 Å². The fourth-order valence-electron chi connectivity index (χ4n) is 8.28. The van der Waals surface area contributed by atoms with E-state index in [1.807, 2.05) is 47.3 Å². The molecule has 1 aromatic heterocycles. The Morgan fingerprint density at radius 2 is 0.714 bits per heavy atom. The second-order valence-corrected chi connectivity index (χ2v) is 17.2. The maximum atomic E-state index is 14.2. The first-order chi connectivity index (χ1) is 35.1. The highest BCUT2D eigenvalue weighted by Crippen LogP contribution is 2.41. The summed E-state index contributed by atoms with van der Waals surface area (Å²) in [5.41, 5.74) is -28.3. The van der Waals surface area contributed by atoms with Crippen molar-refractivity contribution < 1.29 is 115 Å². The zero-order valence-corrected chi connectivity index (χ0v) is 38.5. The maximum Gasteiger partial charge on any atom is 0.416 e. The Kier molecular flexibility index (Phi) is 17.4. The predicted octanol–water partition coefficient (Wildman–Crippen LogP) is 14.2. The fraction of sp³-hybridized carbons (Fsp3) is 0.286. The van der Waals surface area contributed by atoms with E-state index in [0.717, 1.165) is 24.1 Å². The van der Waals surface area contributed by atoms with Crippen LogP contribution in [-0.4, -0.2) is 16.9 Å². The van der Waals surface area contributed by atoms with E-state index in [2.05, 4.69) is 11.9 Å². The summed E-state index contributed by atoms with van der Waals surface area (Å²) in [6.07, 6.45) is -44.8. The minimum atomic E-state index is -6.13. The molecule has 0 saturated heterocycles. The van der Waals surface area contributed by atoms with E-state index >= 15 is 0 Å². The molecule has 0 N–H and O–H groups in total. The van der Waals surface area contributed by atoms with Gasteiger partial charge in [-0.2, -0.15) is 132 Å². The highest BCUT2D eigenvalue weighted by atomic mass is 19.4. The van der Waals surface area contributed by atoms with Crippen LogP contribution in [-0.2, 0) is 62.4 Å². The average Bonchev–Trinajstić information content (AvgIpc) is 3.30. The number of unbranched alkanes of at least 4 members (excludes halogenated alkanes) is 2. The quantitative estimate of drug-likeness (QED) is 0.0426. The van der Waals surface area contributed by atoms with E-state index in [9.17, 15) is 110 Å². The number of hydrogen-bond acceptors (Lipinski definition) is 2. The van der Waals surface area contributed by atoms with Gasteiger partial charge in [0.25, 0.3) is 0 Å². The molecular formula is C49H33BF24N2O. The average molecular weight is 1130 g/mol. The normalized spacial score (nSPS) is 13.3. The number of hydrogen-bond donors (Lipinski definition) is 0. The minimum Gasteiger partial charge on any atom is -0.287 e. The third-order valence-electron chi connectivity index (χ3n) is 11.8. The van der Waals surface area contributed by atoms with E-state index in [-0.39, 0.29) is 5.78 Å². The highest BCUT2D eigenvalue weighted by Gasteiger charge is 2.47. The Balaban J connectivity index is 0.000000455. The summed E-state index contributed by atoms with van der Waals surface area (Å²) in [5, 5.41) is 0. The number of ketones is 1. The lowest BCUT2D eigenvalue weighted by molar-refractivity contribution is -0.691. The molecule has 416 valence electrons. The number of alkyl halides is 24. The Morgan fingerprint density at radius 1 is 0.429 bits per heavy atom. The molecule has 77 heavy (non-hydrogen) atoms. The Bertz CT molecular complexity index is 2600. The van der Waals surface area contributed by atoms with Gasteiger partial charge in [-0.3, -0.25) is 9.78 Å². The lowest BCUT2D eigenvalue weighted by Gasteiger charge is -2.46. The van der Waals surface area contributed by atoms with Gasteiger partial charge in [-0.15, -0.1) is 0 Å². The van der Waals surface area contributed by atoms with Crippen LogP contribution >= 0.6 is 0 Å². The van der Waals surface area contributed by atoms with E-state index in [0.29, 0.717) is 6.54 Å². The van der Waals surface area contributed by atoms with Crippen LogP contribution in [0.15, 0.2) is 122 Å². The molecule has 3 nitrogen and oxygen atoms in total. The van der Waals surface area contributed by atoms with Crippen LogP contribution in [0.1, 0.15) is 86.7 Å². The number of Topliss-reactive ketones (excluding diaryl/α,β-unsaturated/α-hetero) is 1. The summed E-state index contributed by atoms with van der Waals surface area (Å²) in [4.78, 5) is 16.4. The van der Waals surface area contributed by atoms with E-state index in [1.165, 1.54) is 12.8 Å². The molecular weight excluding hydrogens is 1100 g/mol. The predicted molar refractivity (Wildman–Crippen MR) is 229 cm³/mol. The molecule has 0 bridgehead atoms. The van der Waals surface area contributed by atoms with Crippen molar-refractivity contribution in [1.82, 2.24) is 4.98 Å². The fourth-order valence-corrected chi connectivity index (χ4v) is 8.28. The van der Waals surface area contributed by atoms with Crippen LogP contribution < -0.4 is 26.4 Å². The third kappa shape index (κ3) is 14.8. The first-order valence-corrected chi connectivity index (χ1v) is 21.8. The van der Waals surface area contributed by atoms with Gasteiger partial charge in [-0.05, 0) is 30.7 Å². The first-order valence-electron chi connectivity index (χ1n) is 21.8. The lowest BCUT2D eigenvalue weighted by atomic mass is 9.12. The molecule has 6 rings (SSSR count). The second-order valence-electron chi connectivity index (χ2n) is 17.2. The Morgan fingerprint density at radius 3 is 0.974 bits per heavy atom. The lowest BCUT2D eigenvalue weighted by Crippen LogP contribution is -2.75. The van der Waals surface area contributed by atoms with Crippen molar-refractivity contribution in [1.29, 1.82) is 0 Å². The van der Waals surface area contributed by atoms with Gasteiger partial charge in [0.05, 0.1) is 56.9 Å². The number of carbonyl (C=O) groups excluding carboxylic acids is 1. The number of carbonyl (C=O) groups is 1. The number of rotatable bonds is 11. The van der Waals surface area contributed by atoms with E-state index < -0.39 is 195 Å². The molecule has 0 radical (unpaired) electrons. The van der Waals surface area contributed by atoms with Crippen molar-refractivity contribution >= 4 is 33.8 Å². The number of benzene rings is 5. The number of aromatic nitrogens is 2. The molecule has 0 fully saturated rings. The molecule has 0 aliphatic rings. The topological polar surface area (TPSA) is 33.8 Å². The molecule has 0 unspecified atom stereocenters. The van der Waals surface area contributed by atoms with Crippen molar-refractivity contribution in [3.05, 3.63) is 177 Å². The number of halogens is 24. The number of nitrogens with zero attached hydrogens (tertiary/aromatic N) is 2. The highest BCUT2D eigenvalue weighted by molar-refractivity contribution is 7.20. The first kappa shape index (κ1) is 61.1. The van der Waals surface area contributed by atoms with Gasteiger partial charge in [0, 0.05) is 12.0 Å². The largest absolute Gasteiger partial charge is 0.416 e.